The van der Waals surface area contributed by atoms with Crippen LogP contribution in [0.2, 0.25) is 0 Å². The van der Waals surface area contributed by atoms with Crippen LogP contribution in [0.4, 0.5) is 0 Å². The molecule has 1 nitrogen and oxygen atoms in total. The Morgan fingerprint density at radius 3 is 2.17 bits per heavy atom. The summed E-state index contributed by atoms with van der Waals surface area (Å²) in [6, 6.07) is 14.0. The first-order valence-electron chi connectivity index (χ1n) is 6.23. The minimum Gasteiger partial charge on any atom is -0.294 e. The average molecular weight is 238 g/mol. The monoisotopic (exact) mass is 238 g/mol. The van der Waals surface area contributed by atoms with Gasteiger partial charge in [0.15, 0.2) is 5.78 Å². The predicted molar refractivity (Wildman–Crippen MR) is 75.1 cm³/mol. The lowest BCUT2D eigenvalue weighted by Crippen LogP contribution is -2.06. The van der Waals surface area contributed by atoms with Crippen molar-refractivity contribution in [2.45, 2.75) is 27.2 Å². The van der Waals surface area contributed by atoms with Crippen LogP contribution in [0, 0.1) is 20.8 Å². The van der Waals surface area contributed by atoms with Gasteiger partial charge in [-0.3, -0.25) is 4.79 Å². The molecule has 1 heteroatoms. The largest absolute Gasteiger partial charge is 0.294 e. The van der Waals surface area contributed by atoms with Gasteiger partial charge in [-0.1, -0.05) is 36.4 Å². The van der Waals surface area contributed by atoms with Gasteiger partial charge < -0.3 is 0 Å². The summed E-state index contributed by atoms with van der Waals surface area (Å²) in [5.41, 5.74) is 5.40. The van der Waals surface area contributed by atoms with E-state index in [-0.39, 0.29) is 5.78 Å². The number of carbonyl (C=O) groups is 1. The molecule has 0 spiro atoms. The third kappa shape index (κ3) is 2.67. The van der Waals surface area contributed by atoms with Crippen LogP contribution in [-0.2, 0) is 6.42 Å². The summed E-state index contributed by atoms with van der Waals surface area (Å²) in [7, 11) is 0. The molecular formula is C17H18O. The standard InChI is InChI=1S/C17H18O/c1-12-9-14(3)16(10-13(12)2)17(18)11-15-7-5-4-6-8-15/h4-10H,11H2,1-3H3. The maximum Gasteiger partial charge on any atom is 0.167 e. The number of hydrogen-bond acceptors (Lipinski definition) is 1. The fraction of sp³-hybridized carbons (Fsp3) is 0.235. The smallest absolute Gasteiger partial charge is 0.167 e. The van der Waals surface area contributed by atoms with E-state index in [0.29, 0.717) is 6.42 Å². The number of ketones is 1. The fourth-order valence-electron chi connectivity index (χ4n) is 2.14. The predicted octanol–water partition coefficient (Wildman–Crippen LogP) is 4.04. The molecule has 0 unspecified atom stereocenters. The van der Waals surface area contributed by atoms with E-state index in [9.17, 15) is 4.79 Å². The Bertz CT molecular complexity index is 568. The summed E-state index contributed by atoms with van der Waals surface area (Å²) < 4.78 is 0. The van der Waals surface area contributed by atoms with Gasteiger partial charge in [0.1, 0.15) is 0 Å². The lowest BCUT2D eigenvalue weighted by molar-refractivity contribution is 0.0992. The van der Waals surface area contributed by atoms with Gasteiger partial charge in [0.05, 0.1) is 0 Å². The molecule has 0 atom stereocenters. The van der Waals surface area contributed by atoms with Gasteiger partial charge in [-0.2, -0.15) is 0 Å². The summed E-state index contributed by atoms with van der Waals surface area (Å²) in [5.74, 6) is 0.196. The Balaban J connectivity index is 2.27. The van der Waals surface area contributed by atoms with Gasteiger partial charge in [-0.25, -0.2) is 0 Å². The van der Waals surface area contributed by atoms with Crippen LogP contribution in [-0.4, -0.2) is 5.78 Å². The zero-order valence-electron chi connectivity index (χ0n) is 11.2. The van der Waals surface area contributed by atoms with Crippen LogP contribution in [0.25, 0.3) is 0 Å². The van der Waals surface area contributed by atoms with Crippen LogP contribution in [0.5, 0.6) is 0 Å². The van der Waals surface area contributed by atoms with E-state index in [2.05, 4.69) is 13.0 Å². The number of aryl methyl sites for hydroxylation is 3. The van der Waals surface area contributed by atoms with E-state index in [0.717, 1.165) is 16.7 Å². The molecule has 0 heterocycles. The Labute approximate surface area is 108 Å². The number of hydrogen-bond donors (Lipinski definition) is 0. The second-order valence-electron chi connectivity index (χ2n) is 4.84. The van der Waals surface area contributed by atoms with Crippen molar-refractivity contribution in [1.82, 2.24) is 0 Å². The highest BCUT2D eigenvalue weighted by atomic mass is 16.1. The molecule has 18 heavy (non-hydrogen) atoms. The minimum absolute atomic E-state index is 0.196. The third-order valence-corrected chi connectivity index (χ3v) is 3.35. The van der Waals surface area contributed by atoms with E-state index < -0.39 is 0 Å². The number of benzene rings is 2. The molecular weight excluding hydrogens is 220 g/mol. The molecule has 0 aliphatic heterocycles. The van der Waals surface area contributed by atoms with Crippen molar-refractivity contribution in [1.29, 1.82) is 0 Å². The maximum atomic E-state index is 12.3. The Morgan fingerprint density at radius 1 is 0.889 bits per heavy atom. The quantitative estimate of drug-likeness (QED) is 0.738. The lowest BCUT2D eigenvalue weighted by atomic mass is 9.95. The molecule has 0 bridgehead atoms. The molecule has 2 aromatic carbocycles. The first-order chi connectivity index (χ1) is 8.58. The third-order valence-electron chi connectivity index (χ3n) is 3.35. The van der Waals surface area contributed by atoms with Crippen molar-refractivity contribution < 1.29 is 4.79 Å². The summed E-state index contributed by atoms with van der Waals surface area (Å²) in [6.45, 7) is 6.13. The first kappa shape index (κ1) is 12.6. The van der Waals surface area contributed by atoms with Crippen LogP contribution in [0.15, 0.2) is 42.5 Å². The van der Waals surface area contributed by atoms with Crippen molar-refractivity contribution >= 4 is 5.78 Å². The maximum absolute atomic E-state index is 12.3. The van der Waals surface area contributed by atoms with Gasteiger partial charge in [0.2, 0.25) is 0 Å². The van der Waals surface area contributed by atoms with E-state index in [1.807, 2.05) is 50.2 Å². The zero-order valence-corrected chi connectivity index (χ0v) is 11.2. The molecule has 2 rings (SSSR count). The van der Waals surface area contributed by atoms with Crippen LogP contribution < -0.4 is 0 Å². The van der Waals surface area contributed by atoms with Crippen molar-refractivity contribution in [3.8, 4) is 0 Å². The van der Waals surface area contributed by atoms with Gasteiger partial charge in [-0.15, -0.1) is 0 Å². The number of rotatable bonds is 3. The molecule has 92 valence electrons. The van der Waals surface area contributed by atoms with Crippen LogP contribution in [0.3, 0.4) is 0 Å². The number of Topliss-reactive ketones (excluding diaryl/α,β-unsaturated/α-hetero) is 1. The molecule has 0 aromatic heterocycles. The Morgan fingerprint density at radius 2 is 1.50 bits per heavy atom. The van der Waals surface area contributed by atoms with E-state index in [4.69, 9.17) is 0 Å². The van der Waals surface area contributed by atoms with Crippen LogP contribution in [0.1, 0.15) is 32.6 Å². The molecule has 0 N–H and O–H groups in total. The SMILES string of the molecule is Cc1cc(C)c(C(=O)Cc2ccccc2)cc1C. The van der Waals surface area contributed by atoms with Crippen molar-refractivity contribution in [3.63, 3.8) is 0 Å². The molecule has 0 aliphatic rings. The summed E-state index contributed by atoms with van der Waals surface area (Å²) in [4.78, 5) is 12.3. The molecule has 0 fully saturated rings. The second kappa shape index (κ2) is 5.18. The lowest BCUT2D eigenvalue weighted by Gasteiger charge is -2.09. The first-order valence-corrected chi connectivity index (χ1v) is 6.23. The molecule has 0 amide bonds. The summed E-state index contributed by atoms with van der Waals surface area (Å²) in [6.07, 6.45) is 0.476. The molecule has 2 aromatic rings. The number of carbonyl (C=O) groups excluding carboxylic acids is 1. The summed E-state index contributed by atoms with van der Waals surface area (Å²) >= 11 is 0. The minimum atomic E-state index is 0.196. The molecule has 0 saturated heterocycles. The highest BCUT2D eigenvalue weighted by molar-refractivity contribution is 5.99. The molecule has 0 aliphatic carbocycles. The van der Waals surface area contributed by atoms with Gasteiger partial charge in [-0.05, 0) is 49.1 Å². The van der Waals surface area contributed by atoms with Crippen LogP contribution >= 0.6 is 0 Å². The Hall–Kier alpha value is -1.89. The van der Waals surface area contributed by atoms with Crippen molar-refractivity contribution in [2.75, 3.05) is 0 Å². The zero-order chi connectivity index (χ0) is 13.1. The highest BCUT2D eigenvalue weighted by Crippen LogP contribution is 2.17. The highest BCUT2D eigenvalue weighted by Gasteiger charge is 2.11. The average Bonchev–Trinajstić information content (AvgIpc) is 2.35. The molecule has 0 saturated carbocycles. The second-order valence-corrected chi connectivity index (χ2v) is 4.84. The normalized spacial score (nSPS) is 10.4. The van der Waals surface area contributed by atoms with E-state index >= 15 is 0 Å². The molecule has 0 radical (unpaired) electrons. The van der Waals surface area contributed by atoms with Gasteiger partial charge in [0.25, 0.3) is 0 Å². The topological polar surface area (TPSA) is 17.1 Å². The van der Waals surface area contributed by atoms with E-state index in [1.54, 1.807) is 0 Å². The summed E-state index contributed by atoms with van der Waals surface area (Å²) in [5, 5.41) is 0. The fourth-order valence-corrected chi connectivity index (χ4v) is 2.14. The Kier molecular flexibility index (Phi) is 3.61. The van der Waals surface area contributed by atoms with Crippen molar-refractivity contribution in [3.05, 3.63) is 70.3 Å². The van der Waals surface area contributed by atoms with E-state index in [1.165, 1.54) is 11.1 Å². The van der Waals surface area contributed by atoms with Gasteiger partial charge in [0, 0.05) is 12.0 Å². The van der Waals surface area contributed by atoms with Crippen molar-refractivity contribution in [2.24, 2.45) is 0 Å². The van der Waals surface area contributed by atoms with Gasteiger partial charge >= 0.3 is 0 Å².